The van der Waals surface area contributed by atoms with Gasteiger partial charge in [0, 0.05) is 58.0 Å². The predicted molar refractivity (Wildman–Crippen MR) is 202 cm³/mol. The summed E-state index contributed by atoms with van der Waals surface area (Å²) in [5, 5.41) is 3.06. The summed E-state index contributed by atoms with van der Waals surface area (Å²) in [4.78, 5) is 72.2. The molecule has 0 radical (unpaired) electrons. The standard InChI is InChI=1S/C41H53N5O6/c1-10-13-14-15-16-42-39(48)36-37-34(40(49)51-9)23(6)30(46-37)19-31-26(12-3)21(4)27(43-31)20-32-33(25(8)47)22(5)28(44-32)18-29-24(7)35(38(36)45-29)41(50)52-17-11-2/h18-21,24,26,35,44,46H,10-17H2,1-9H3,(H,42,48)/t21-,24-,26-,35+/m1/s1. The van der Waals surface area contributed by atoms with Crippen molar-refractivity contribution in [3.05, 3.63) is 68.8 Å². The van der Waals surface area contributed by atoms with Gasteiger partial charge in [0.2, 0.25) is 0 Å². The molecule has 0 saturated carbocycles. The number of carbonyl (C=O) groups is 4. The maximum Gasteiger partial charge on any atom is 0.340 e. The van der Waals surface area contributed by atoms with Crippen LogP contribution in [0, 0.1) is 13.8 Å². The van der Waals surface area contributed by atoms with E-state index < -0.39 is 29.7 Å². The molecule has 5 heterocycles. The van der Waals surface area contributed by atoms with Gasteiger partial charge in [-0.25, -0.2) is 4.79 Å². The molecule has 0 aliphatic carbocycles. The van der Waals surface area contributed by atoms with Gasteiger partial charge in [0.25, 0.3) is 5.91 Å². The molecule has 0 fully saturated rings. The Labute approximate surface area is 305 Å². The lowest BCUT2D eigenvalue weighted by molar-refractivity contribution is -0.145. The fraction of sp³-hybridized carbons (Fsp3) is 0.512. The van der Waals surface area contributed by atoms with E-state index in [1.807, 2.05) is 45.9 Å². The first-order valence-corrected chi connectivity index (χ1v) is 18.7. The average molecular weight is 712 g/mol. The summed E-state index contributed by atoms with van der Waals surface area (Å²) in [6.07, 6.45) is 5.24. The molecule has 3 N–H and O–H groups in total. The zero-order chi connectivity index (χ0) is 37.9. The van der Waals surface area contributed by atoms with Crippen LogP contribution in [0.25, 0.3) is 22.1 Å². The maximum absolute atomic E-state index is 14.5. The Bertz CT molecular complexity index is 2040. The van der Waals surface area contributed by atoms with Crippen LogP contribution in [0.1, 0.15) is 169 Å². The van der Waals surface area contributed by atoms with Crippen molar-refractivity contribution < 1.29 is 28.7 Å². The van der Waals surface area contributed by atoms with E-state index in [2.05, 4.69) is 36.1 Å². The van der Waals surface area contributed by atoms with E-state index in [0.717, 1.165) is 49.1 Å². The number of ketones is 1. The molecule has 2 aliphatic heterocycles. The van der Waals surface area contributed by atoms with E-state index in [4.69, 9.17) is 19.4 Å². The first kappa shape index (κ1) is 38.4. The quantitative estimate of drug-likeness (QED) is 0.0961. The van der Waals surface area contributed by atoms with Crippen LogP contribution in [0.5, 0.6) is 0 Å². The molecule has 0 saturated heterocycles. The van der Waals surface area contributed by atoms with Crippen molar-refractivity contribution in [2.75, 3.05) is 20.3 Å². The summed E-state index contributed by atoms with van der Waals surface area (Å²) < 4.78 is 11.0. The number of fused-ring (bicyclic) bond motifs is 8. The number of Topliss-reactive ketones (excluding diaryl/α,β-unsaturated/α-hetero) is 1. The van der Waals surface area contributed by atoms with Crippen molar-refractivity contribution in [3.8, 4) is 0 Å². The molecular formula is C41H53N5O6. The second kappa shape index (κ2) is 16.3. The molecule has 278 valence electrons. The van der Waals surface area contributed by atoms with Crippen LogP contribution in [-0.4, -0.2) is 63.8 Å². The fourth-order valence-corrected chi connectivity index (χ4v) is 7.65. The largest absolute Gasteiger partial charge is 0.465 e. The molecule has 52 heavy (non-hydrogen) atoms. The molecule has 8 bridgehead atoms. The van der Waals surface area contributed by atoms with Gasteiger partial charge in [0.1, 0.15) is 5.92 Å². The minimum atomic E-state index is -0.953. The molecule has 2 aliphatic rings. The third-order valence-corrected chi connectivity index (χ3v) is 10.6. The number of rotatable bonds is 12. The number of nitrogens with zero attached hydrogens (tertiary/aromatic N) is 2. The third kappa shape index (κ3) is 7.27. The number of esters is 2. The van der Waals surface area contributed by atoms with Crippen molar-refractivity contribution >= 4 is 45.7 Å². The Balaban J connectivity index is 1.99. The lowest BCUT2D eigenvalue weighted by atomic mass is 9.88. The molecule has 1 amide bonds. The molecule has 4 atom stereocenters. The predicted octanol–water partition coefficient (Wildman–Crippen LogP) is 8.37. The summed E-state index contributed by atoms with van der Waals surface area (Å²) in [7, 11) is 1.31. The average Bonchev–Trinajstić information content (AvgIpc) is 3.80. The summed E-state index contributed by atoms with van der Waals surface area (Å²) in [5.41, 5.74) is 6.67. The number of hydrogen-bond acceptors (Lipinski definition) is 8. The second-order valence-electron chi connectivity index (χ2n) is 14.2. The van der Waals surface area contributed by atoms with Crippen LogP contribution in [0.4, 0.5) is 0 Å². The van der Waals surface area contributed by atoms with Crippen LogP contribution in [0.2, 0.25) is 0 Å². The van der Waals surface area contributed by atoms with Gasteiger partial charge in [0.05, 0.1) is 41.6 Å². The molecule has 0 unspecified atom stereocenters. The van der Waals surface area contributed by atoms with Crippen molar-refractivity contribution in [3.63, 3.8) is 0 Å². The smallest absolute Gasteiger partial charge is 0.340 e. The van der Waals surface area contributed by atoms with E-state index in [1.165, 1.54) is 7.11 Å². The number of aromatic nitrogens is 4. The number of aromatic amines is 2. The minimum Gasteiger partial charge on any atom is -0.465 e. The molecule has 11 heteroatoms. The highest BCUT2D eigenvalue weighted by Gasteiger charge is 2.40. The van der Waals surface area contributed by atoms with Gasteiger partial charge in [0.15, 0.2) is 5.78 Å². The Kier molecular flexibility index (Phi) is 12.0. The monoisotopic (exact) mass is 711 g/mol. The van der Waals surface area contributed by atoms with Gasteiger partial charge in [-0.1, -0.05) is 53.9 Å². The molecule has 11 nitrogen and oxygen atoms in total. The van der Waals surface area contributed by atoms with Crippen LogP contribution in [0.3, 0.4) is 0 Å². The number of ether oxygens (including phenoxy) is 2. The van der Waals surface area contributed by atoms with E-state index >= 15 is 0 Å². The SMILES string of the molecule is CCCCCCNC(=O)c1c2nc(cc3[nH]c(cc4nc(cc5[nH]c1c(C(=O)OC)c5C)[C@H](CC)[C@H]4C)c(C(C)=O)c3C)[C@@H](C)[C@@H]2C(=O)OCCC. The van der Waals surface area contributed by atoms with E-state index in [1.54, 1.807) is 6.92 Å². The van der Waals surface area contributed by atoms with Crippen LogP contribution in [-0.2, 0) is 14.3 Å². The highest BCUT2D eigenvalue weighted by molar-refractivity contribution is 6.11. The van der Waals surface area contributed by atoms with Crippen LogP contribution >= 0.6 is 0 Å². The minimum absolute atomic E-state index is 0.0454. The van der Waals surface area contributed by atoms with Gasteiger partial charge < -0.3 is 24.8 Å². The summed E-state index contributed by atoms with van der Waals surface area (Å²) >= 11 is 0. The van der Waals surface area contributed by atoms with E-state index in [0.29, 0.717) is 46.3 Å². The van der Waals surface area contributed by atoms with Gasteiger partial charge in [-0.2, -0.15) is 0 Å². The topological polar surface area (TPSA) is 156 Å². The van der Waals surface area contributed by atoms with Crippen molar-refractivity contribution in [2.45, 2.75) is 118 Å². The Hall–Kier alpha value is -4.80. The Morgan fingerprint density at radius 2 is 1.44 bits per heavy atom. The summed E-state index contributed by atoms with van der Waals surface area (Å²) in [6.45, 7) is 16.0. The molecule has 0 spiro atoms. The Morgan fingerprint density at radius 1 is 0.788 bits per heavy atom. The fourth-order valence-electron chi connectivity index (χ4n) is 7.65. The maximum atomic E-state index is 14.5. The van der Waals surface area contributed by atoms with Gasteiger partial charge in [-0.15, -0.1) is 0 Å². The lowest BCUT2D eigenvalue weighted by Gasteiger charge is -2.17. The zero-order valence-corrected chi connectivity index (χ0v) is 32.0. The van der Waals surface area contributed by atoms with Crippen LogP contribution in [0.15, 0.2) is 18.2 Å². The lowest BCUT2D eigenvalue weighted by Crippen LogP contribution is -2.28. The van der Waals surface area contributed by atoms with Gasteiger partial charge >= 0.3 is 11.9 Å². The van der Waals surface area contributed by atoms with Gasteiger partial charge in [-0.05, 0) is 69.4 Å². The Morgan fingerprint density at radius 3 is 2.10 bits per heavy atom. The van der Waals surface area contributed by atoms with Crippen molar-refractivity contribution in [1.29, 1.82) is 0 Å². The zero-order valence-electron chi connectivity index (χ0n) is 32.0. The van der Waals surface area contributed by atoms with Gasteiger partial charge in [-0.3, -0.25) is 24.4 Å². The highest BCUT2D eigenvalue weighted by atomic mass is 16.5. The van der Waals surface area contributed by atoms with Crippen molar-refractivity contribution in [2.24, 2.45) is 0 Å². The van der Waals surface area contributed by atoms with Crippen LogP contribution < -0.4 is 5.32 Å². The summed E-state index contributed by atoms with van der Waals surface area (Å²) in [6, 6.07) is 5.72. The first-order valence-electron chi connectivity index (χ1n) is 18.7. The highest BCUT2D eigenvalue weighted by Crippen LogP contribution is 2.42. The van der Waals surface area contributed by atoms with Crippen molar-refractivity contribution in [1.82, 2.24) is 25.3 Å². The molecule has 3 aromatic heterocycles. The molecular weight excluding hydrogens is 658 g/mol. The molecule has 0 aromatic carbocycles. The second-order valence-corrected chi connectivity index (χ2v) is 14.2. The third-order valence-electron chi connectivity index (χ3n) is 10.6. The summed E-state index contributed by atoms with van der Waals surface area (Å²) in [5.74, 6) is -3.04. The number of hydrogen-bond donors (Lipinski definition) is 3. The van der Waals surface area contributed by atoms with E-state index in [-0.39, 0.29) is 46.6 Å². The number of aryl methyl sites for hydroxylation is 2. The number of methoxy groups -OCH3 is 1. The normalized spacial score (nSPS) is 18.2. The number of amides is 1. The van der Waals surface area contributed by atoms with E-state index in [9.17, 15) is 19.2 Å². The number of unbranched alkanes of at least 4 members (excludes halogenated alkanes) is 3. The number of nitrogens with one attached hydrogen (secondary N) is 3. The number of H-pyrrole nitrogens is 2. The molecule has 3 aromatic rings. The number of carbonyl (C=O) groups excluding carboxylic acids is 4. The first-order chi connectivity index (χ1) is 24.9. The molecule has 5 rings (SSSR count).